The van der Waals surface area contributed by atoms with Crippen molar-refractivity contribution in [3.63, 3.8) is 0 Å². The lowest BCUT2D eigenvalue weighted by Crippen LogP contribution is -2.28. The Labute approximate surface area is 278 Å². The zero-order valence-electron chi connectivity index (χ0n) is 25.8. The molecular weight excluding hydrogens is 638 g/mol. The largest absolute Gasteiger partial charge is 0.497 e. The Balaban J connectivity index is 1.26. The number of nitro groups is 1. The number of rotatable bonds is 12. The molecular formula is C33H29N7O7S. The van der Waals surface area contributed by atoms with Gasteiger partial charge in [-0.1, -0.05) is 23.9 Å². The van der Waals surface area contributed by atoms with E-state index in [0.717, 1.165) is 28.6 Å². The topological polar surface area (TPSA) is 167 Å². The van der Waals surface area contributed by atoms with Crippen LogP contribution >= 0.6 is 11.8 Å². The van der Waals surface area contributed by atoms with Crippen molar-refractivity contribution in [2.24, 2.45) is 5.10 Å². The van der Waals surface area contributed by atoms with Gasteiger partial charge in [-0.3, -0.25) is 24.3 Å². The molecule has 1 aliphatic heterocycles. The van der Waals surface area contributed by atoms with Gasteiger partial charge in [0, 0.05) is 24.2 Å². The van der Waals surface area contributed by atoms with Gasteiger partial charge in [0.1, 0.15) is 11.5 Å². The Bertz CT molecular complexity index is 1940. The van der Waals surface area contributed by atoms with Crippen LogP contribution < -0.4 is 14.8 Å². The Morgan fingerprint density at radius 1 is 0.979 bits per heavy atom. The first-order valence-corrected chi connectivity index (χ1v) is 15.6. The summed E-state index contributed by atoms with van der Waals surface area (Å²) in [5.41, 5.74) is 2.94. The van der Waals surface area contributed by atoms with Crippen molar-refractivity contribution in [3.8, 4) is 17.2 Å². The second-order valence-corrected chi connectivity index (χ2v) is 11.4. The van der Waals surface area contributed by atoms with Crippen LogP contribution in [0.15, 0.2) is 106 Å². The molecule has 0 radical (unpaired) electrons. The van der Waals surface area contributed by atoms with Crippen LogP contribution in [-0.2, 0) is 11.3 Å². The number of ether oxygens (including phenoxy) is 2. The van der Waals surface area contributed by atoms with Gasteiger partial charge >= 0.3 is 0 Å². The maximum absolute atomic E-state index is 13.9. The number of non-ortho nitro benzene ring substituents is 1. The second-order valence-electron chi connectivity index (χ2n) is 10.5. The third-order valence-electron chi connectivity index (χ3n) is 7.59. The molecule has 1 aliphatic rings. The summed E-state index contributed by atoms with van der Waals surface area (Å²) in [5.74, 6) is 1.12. The lowest BCUT2D eigenvalue weighted by atomic mass is 9.98. The number of thioether (sulfide) groups is 1. The predicted octanol–water partition coefficient (Wildman–Crippen LogP) is 5.19. The van der Waals surface area contributed by atoms with Crippen molar-refractivity contribution in [3.05, 3.63) is 124 Å². The number of hydrazone groups is 1. The fourth-order valence-electron chi connectivity index (χ4n) is 5.12. The van der Waals surface area contributed by atoms with E-state index in [1.165, 1.54) is 29.5 Å². The monoisotopic (exact) mass is 667 g/mol. The highest BCUT2D eigenvalue weighted by Gasteiger charge is 2.33. The molecule has 0 bridgehead atoms. The van der Waals surface area contributed by atoms with Crippen molar-refractivity contribution in [1.29, 1.82) is 0 Å². The van der Waals surface area contributed by atoms with Gasteiger partial charge in [-0.2, -0.15) is 5.10 Å². The molecule has 0 spiro atoms. The van der Waals surface area contributed by atoms with Crippen LogP contribution in [-0.4, -0.2) is 62.2 Å². The molecule has 244 valence electrons. The van der Waals surface area contributed by atoms with Gasteiger partial charge in [0.25, 0.3) is 17.5 Å². The van der Waals surface area contributed by atoms with Crippen molar-refractivity contribution >= 4 is 35.0 Å². The highest BCUT2D eigenvalue weighted by atomic mass is 32.2. The number of carbonyl (C=O) groups is 2. The summed E-state index contributed by atoms with van der Waals surface area (Å²) in [5, 5.41) is 29.2. The van der Waals surface area contributed by atoms with Crippen LogP contribution in [0.2, 0.25) is 0 Å². The van der Waals surface area contributed by atoms with Gasteiger partial charge in [0.15, 0.2) is 16.7 Å². The molecule has 1 atom stereocenters. The number of amides is 2. The molecule has 3 heterocycles. The predicted molar refractivity (Wildman–Crippen MR) is 175 cm³/mol. The Morgan fingerprint density at radius 2 is 1.67 bits per heavy atom. The van der Waals surface area contributed by atoms with E-state index in [2.05, 4.69) is 15.5 Å². The molecule has 2 aromatic heterocycles. The summed E-state index contributed by atoms with van der Waals surface area (Å²) < 4.78 is 17.4. The summed E-state index contributed by atoms with van der Waals surface area (Å²) in [6.07, 6.45) is 1.89. The molecule has 15 heteroatoms. The highest BCUT2D eigenvalue weighted by molar-refractivity contribution is 7.99. The zero-order chi connectivity index (χ0) is 33.6. The smallest absolute Gasteiger partial charge is 0.287 e. The minimum Gasteiger partial charge on any atom is -0.497 e. The van der Waals surface area contributed by atoms with Crippen molar-refractivity contribution in [1.82, 2.24) is 25.1 Å². The Kier molecular flexibility index (Phi) is 9.47. The number of aromatic nitrogens is 3. The summed E-state index contributed by atoms with van der Waals surface area (Å²) in [4.78, 5) is 37.2. The number of carbonyl (C=O) groups excluding carboxylic acids is 2. The lowest BCUT2D eigenvalue weighted by molar-refractivity contribution is -0.384. The Hall–Kier alpha value is -5.96. The van der Waals surface area contributed by atoms with Gasteiger partial charge < -0.3 is 19.2 Å². The van der Waals surface area contributed by atoms with E-state index in [9.17, 15) is 19.7 Å². The molecule has 2 amide bonds. The molecule has 0 saturated carbocycles. The van der Waals surface area contributed by atoms with Crippen LogP contribution in [0, 0.1) is 10.1 Å². The van der Waals surface area contributed by atoms with Gasteiger partial charge in [-0.05, 0) is 71.8 Å². The first-order chi connectivity index (χ1) is 23.3. The number of hydrogen-bond donors (Lipinski definition) is 1. The fraction of sp³-hybridized carbons (Fsp3) is 0.182. The summed E-state index contributed by atoms with van der Waals surface area (Å²) in [7, 11) is 3.19. The van der Waals surface area contributed by atoms with Crippen molar-refractivity contribution in [2.75, 3.05) is 20.0 Å². The average molecular weight is 668 g/mol. The lowest BCUT2D eigenvalue weighted by Gasteiger charge is -2.22. The van der Waals surface area contributed by atoms with E-state index in [4.69, 9.17) is 19.0 Å². The molecule has 5 aromatic rings. The second kappa shape index (κ2) is 14.2. The van der Waals surface area contributed by atoms with Crippen LogP contribution in [0.25, 0.3) is 5.69 Å². The SMILES string of the molecule is COc1ccc(C2=NN(C(=O)CSc3nnc(CNC(=O)c4ccco4)n3-c3ccc([N+](=O)[O-])cc3)[C@@H](c3ccc(OC)cc3)C2)cc1. The number of nitro benzene ring substituents is 1. The number of nitrogens with one attached hydrogen (secondary N) is 1. The maximum atomic E-state index is 13.9. The number of benzene rings is 3. The first kappa shape index (κ1) is 32.0. The molecule has 48 heavy (non-hydrogen) atoms. The van der Waals surface area contributed by atoms with E-state index < -0.39 is 10.8 Å². The number of methoxy groups -OCH3 is 2. The molecule has 0 fully saturated rings. The standard InChI is InChI=1S/C33H29N7O7S/c1-45-25-13-5-21(6-14-25)27-18-28(22-7-15-26(46-2)16-8-22)39(37-27)31(41)20-48-33-36-35-30(19-34-32(42)29-4-3-17-47-29)38(33)23-9-11-24(12-10-23)40(43)44/h3-17,28H,18-20H2,1-2H3,(H,34,42)/t28-/m1/s1. The van der Waals surface area contributed by atoms with Gasteiger partial charge in [0.05, 0.1) is 49.5 Å². The van der Waals surface area contributed by atoms with Crippen LogP contribution in [0.4, 0.5) is 5.69 Å². The maximum Gasteiger partial charge on any atom is 0.287 e. The van der Waals surface area contributed by atoms with Gasteiger partial charge in [0.2, 0.25) is 0 Å². The van der Waals surface area contributed by atoms with E-state index in [-0.39, 0.29) is 35.7 Å². The molecule has 0 saturated heterocycles. The molecule has 1 N–H and O–H groups in total. The molecule has 0 aliphatic carbocycles. The fourth-order valence-corrected chi connectivity index (χ4v) is 5.94. The summed E-state index contributed by atoms with van der Waals surface area (Å²) >= 11 is 1.13. The van der Waals surface area contributed by atoms with Crippen LogP contribution in [0.5, 0.6) is 11.5 Å². The third-order valence-corrected chi connectivity index (χ3v) is 8.50. The molecule has 6 rings (SSSR count). The third kappa shape index (κ3) is 6.90. The van der Waals surface area contributed by atoms with Crippen molar-refractivity contribution < 1.29 is 28.4 Å². The number of nitrogens with zero attached hydrogens (tertiary/aromatic N) is 6. The van der Waals surface area contributed by atoms with Gasteiger partial charge in [-0.25, -0.2) is 5.01 Å². The molecule has 14 nitrogen and oxygen atoms in total. The average Bonchev–Trinajstić information content (AvgIpc) is 3.90. The minimum absolute atomic E-state index is 0.0286. The summed E-state index contributed by atoms with van der Waals surface area (Å²) in [6.45, 7) is -0.0286. The number of furan rings is 1. The van der Waals surface area contributed by atoms with Crippen LogP contribution in [0.3, 0.4) is 0 Å². The van der Waals surface area contributed by atoms with E-state index >= 15 is 0 Å². The minimum atomic E-state index is -0.495. The molecule has 3 aromatic carbocycles. The zero-order valence-corrected chi connectivity index (χ0v) is 26.6. The highest BCUT2D eigenvalue weighted by Crippen LogP contribution is 2.35. The normalized spacial score (nSPS) is 14.0. The van der Waals surface area contributed by atoms with E-state index in [1.54, 1.807) is 37.0 Å². The first-order valence-electron chi connectivity index (χ1n) is 14.7. The number of hydrogen-bond acceptors (Lipinski definition) is 11. The Morgan fingerprint density at radius 3 is 2.29 bits per heavy atom. The summed E-state index contributed by atoms with van der Waals surface area (Å²) in [6, 6.07) is 23.6. The van der Waals surface area contributed by atoms with Crippen LogP contribution in [0.1, 0.15) is 40.0 Å². The van der Waals surface area contributed by atoms with Crippen molar-refractivity contribution in [2.45, 2.75) is 24.2 Å². The van der Waals surface area contributed by atoms with E-state index in [0.29, 0.717) is 34.6 Å². The quantitative estimate of drug-likeness (QED) is 0.106. The molecule has 0 unspecified atom stereocenters. The van der Waals surface area contributed by atoms with E-state index in [1.807, 2.05) is 48.5 Å². The van der Waals surface area contributed by atoms with Gasteiger partial charge in [-0.15, -0.1) is 10.2 Å².